The second-order valence-electron chi connectivity index (χ2n) is 6.55. The Hall–Kier alpha value is -3.17. The van der Waals surface area contributed by atoms with Gasteiger partial charge >= 0.3 is 0 Å². The van der Waals surface area contributed by atoms with Crippen LogP contribution < -0.4 is 14.4 Å². The molecule has 0 radical (unpaired) electrons. The SMILES string of the molecule is CCn1c(-c2ccc3c(c2)N(C)C(O)CO3)c(C#N)c2ccc(OC)cc21. The highest BCUT2D eigenvalue weighted by Gasteiger charge is 2.25. The number of nitriles is 1. The van der Waals surface area contributed by atoms with Crippen molar-refractivity contribution in [2.45, 2.75) is 19.7 Å². The van der Waals surface area contributed by atoms with E-state index in [1.807, 2.05) is 43.4 Å². The highest BCUT2D eigenvalue weighted by molar-refractivity contribution is 5.95. The Morgan fingerprint density at radius 1 is 1.30 bits per heavy atom. The predicted octanol–water partition coefficient (Wildman–Crippen LogP) is 3.36. The topological polar surface area (TPSA) is 70.6 Å². The molecular weight excluding hydrogens is 342 g/mol. The number of anilines is 1. The van der Waals surface area contributed by atoms with Gasteiger partial charge in [0, 0.05) is 30.6 Å². The van der Waals surface area contributed by atoms with Gasteiger partial charge in [0.25, 0.3) is 0 Å². The fraction of sp³-hybridized carbons (Fsp3) is 0.286. The van der Waals surface area contributed by atoms with Gasteiger partial charge in [-0.1, -0.05) is 0 Å². The number of hydrogen-bond donors (Lipinski definition) is 1. The number of rotatable bonds is 3. The van der Waals surface area contributed by atoms with Gasteiger partial charge in [0.1, 0.15) is 24.2 Å². The largest absolute Gasteiger partial charge is 0.497 e. The summed E-state index contributed by atoms with van der Waals surface area (Å²) in [4.78, 5) is 1.79. The van der Waals surface area contributed by atoms with Crippen LogP contribution in [0.1, 0.15) is 12.5 Å². The maximum absolute atomic E-state index is 10.1. The maximum atomic E-state index is 10.1. The zero-order valence-electron chi connectivity index (χ0n) is 15.6. The van der Waals surface area contributed by atoms with E-state index in [4.69, 9.17) is 9.47 Å². The first-order valence-electron chi connectivity index (χ1n) is 8.87. The fourth-order valence-electron chi connectivity index (χ4n) is 3.70. The molecule has 6 nitrogen and oxygen atoms in total. The average Bonchev–Trinajstić information content (AvgIpc) is 3.03. The van der Waals surface area contributed by atoms with Crippen molar-refractivity contribution < 1.29 is 14.6 Å². The van der Waals surface area contributed by atoms with Gasteiger partial charge in [0.05, 0.1) is 29.6 Å². The third-order valence-electron chi connectivity index (χ3n) is 5.15. The van der Waals surface area contributed by atoms with Crippen molar-refractivity contribution in [3.63, 3.8) is 0 Å². The van der Waals surface area contributed by atoms with Crippen molar-refractivity contribution in [1.29, 1.82) is 5.26 Å². The van der Waals surface area contributed by atoms with Crippen LogP contribution >= 0.6 is 0 Å². The normalized spacial score (nSPS) is 16.0. The van der Waals surface area contributed by atoms with Crippen LogP contribution in [0.5, 0.6) is 11.5 Å². The van der Waals surface area contributed by atoms with Crippen LogP contribution in [-0.4, -0.2) is 36.7 Å². The average molecular weight is 363 g/mol. The minimum absolute atomic E-state index is 0.237. The molecule has 0 aliphatic carbocycles. The highest BCUT2D eigenvalue weighted by Crippen LogP contribution is 2.40. The Morgan fingerprint density at radius 3 is 2.81 bits per heavy atom. The van der Waals surface area contributed by atoms with Crippen molar-refractivity contribution in [2.75, 3.05) is 25.7 Å². The smallest absolute Gasteiger partial charge is 0.161 e. The molecule has 6 heteroatoms. The first-order valence-corrected chi connectivity index (χ1v) is 8.87. The Bertz CT molecular complexity index is 1060. The highest BCUT2D eigenvalue weighted by atomic mass is 16.5. The predicted molar refractivity (Wildman–Crippen MR) is 104 cm³/mol. The van der Waals surface area contributed by atoms with Gasteiger partial charge in [-0.05, 0) is 37.3 Å². The number of aliphatic hydroxyl groups is 1. The summed E-state index contributed by atoms with van der Waals surface area (Å²) < 4.78 is 13.1. The molecule has 1 aromatic heterocycles. The number of nitrogens with zero attached hydrogens (tertiary/aromatic N) is 3. The lowest BCUT2D eigenvalue weighted by atomic mass is 10.0. The summed E-state index contributed by atoms with van der Waals surface area (Å²) in [7, 11) is 3.47. The summed E-state index contributed by atoms with van der Waals surface area (Å²) in [6, 6.07) is 14.0. The molecule has 1 aliphatic heterocycles. The second-order valence-corrected chi connectivity index (χ2v) is 6.55. The summed E-state index contributed by atoms with van der Waals surface area (Å²) in [5, 5.41) is 20.9. The molecular formula is C21H21N3O3. The van der Waals surface area contributed by atoms with Gasteiger partial charge in [-0.2, -0.15) is 5.26 Å². The fourth-order valence-corrected chi connectivity index (χ4v) is 3.70. The molecule has 0 saturated heterocycles. The molecule has 2 aromatic carbocycles. The number of aryl methyl sites for hydroxylation is 1. The summed E-state index contributed by atoms with van der Waals surface area (Å²) in [6.45, 7) is 3.01. The third-order valence-corrected chi connectivity index (χ3v) is 5.15. The molecule has 3 aromatic rings. The van der Waals surface area contributed by atoms with E-state index in [9.17, 15) is 10.4 Å². The van der Waals surface area contributed by atoms with Crippen molar-refractivity contribution in [1.82, 2.24) is 4.57 Å². The van der Waals surface area contributed by atoms with Crippen LogP contribution in [0.25, 0.3) is 22.2 Å². The number of likely N-dealkylation sites (N-methyl/N-ethyl adjacent to an activating group) is 1. The molecule has 1 N–H and O–H groups in total. The van der Waals surface area contributed by atoms with E-state index in [0.29, 0.717) is 12.1 Å². The molecule has 1 atom stereocenters. The Kier molecular flexibility index (Phi) is 4.17. The Morgan fingerprint density at radius 2 is 2.11 bits per heavy atom. The quantitative estimate of drug-likeness (QED) is 0.773. The maximum Gasteiger partial charge on any atom is 0.161 e. The Labute approximate surface area is 157 Å². The van der Waals surface area contributed by atoms with Gasteiger partial charge in [0.15, 0.2) is 6.23 Å². The molecule has 1 unspecified atom stereocenters. The molecule has 27 heavy (non-hydrogen) atoms. The van der Waals surface area contributed by atoms with E-state index < -0.39 is 6.23 Å². The number of fused-ring (bicyclic) bond motifs is 2. The van der Waals surface area contributed by atoms with Crippen LogP contribution in [-0.2, 0) is 6.54 Å². The van der Waals surface area contributed by atoms with E-state index in [1.54, 1.807) is 12.0 Å². The van der Waals surface area contributed by atoms with Gasteiger partial charge in [-0.15, -0.1) is 0 Å². The summed E-state index contributed by atoms with van der Waals surface area (Å²) in [5.41, 5.74) is 4.17. The molecule has 138 valence electrons. The minimum Gasteiger partial charge on any atom is -0.497 e. The molecule has 0 spiro atoms. The number of aromatic nitrogens is 1. The first kappa shape index (κ1) is 17.3. The molecule has 1 aliphatic rings. The summed E-state index contributed by atoms with van der Waals surface area (Å²) in [5.74, 6) is 1.48. The van der Waals surface area contributed by atoms with Crippen LogP contribution in [0, 0.1) is 11.3 Å². The molecule has 0 saturated carbocycles. The van der Waals surface area contributed by atoms with Crippen molar-refractivity contribution >= 4 is 16.6 Å². The van der Waals surface area contributed by atoms with E-state index in [-0.39, 0.29) is 6.61 Å². The molecule has 0 bridgehead atoms. The zero-order valence-corrected chi connectivity index (χ0v) is 15.6. The van der Waals surface area contributed by atoms with E-state index >= 15 is 0 Å². The first-order chi connectivity index (χ1) is 13.1. The van der Waals surface area contributed by atoms with Gasteiger partial charge in [-0.3, -0.25) is 0 Å². The van der Waals surface area contributed by atoms with Crippen LogP contribution in [0.2, 0.25) is 0 Å². The van der Waals surface area contributed by atoms with E-state index in [0.717, 1.165) is 39.3 Å². The molecule has 0 amide bonds. The number of hydrogen-bond acceptors (Lipinski definition) is 5. The third kappa shape index (κ3) is 2.59. The summed E-state index contributed by atoms with van der Waals surface area (Å²) >= 11 is 0. The Balaban J connectivity index is 1.98. The van der Waals surface area contributed by atoms with Crippen LogP contribution in [0.3, 0.4) is 0 Å². The lowest BCUT2D eigenvalue weighted by Gasteiger charge is -2.32. The second kappa shape index (κ2) is 6.53. The monoisotopic (exact) mass is 363 g/mol. The van der Waals surface area contributed by atoms with Gasteiger partial charge in [-0.25, -0.2) is 0 Å². The lowest BCUT2D eigenvalue weighted by molar-refractivity contribution is 0.0956. The number of methoxy groups -OCH3 is 1. The van der Waals surface area contributed by atoms with E-state index in [1.165, 1.54) is 0 Å². The van der Waals surface area contributed by atoms with Gasteiger partial charge in [0.2, 0.25) is 0 Å². The number of ether oxygens (including phenoxy) is 2. The number of benzene rings is 2. The summed E-state index contributed by atoms with van der Waals surface area (Å²) in [6.07, 6.45) is -0.690. The van der Waals surface area contributed by atoms with Crippen LogP contribution in [0.15, 0.2) is 36.4 Å². The number of aliphatic hydroxyl groups excluding tert-OH is 1. The zero-order chi connectivity index (χ0) is 19.1. The van der Waals surface area contributed by atoms with Crippen molar-refractivity contribution in [3.05, 3.63) is 42.0 Å². The van der Waals surface area contributed by atoms with Gasteiger partial charge < -0.3 is 24.0 Å². The molecule has 4 rings (SSSR count). The van der Waals surface area contributed by atoms with Crippen molar-refractivity contribution in [3.8, 4) is 28.8 Å². The molecule has 2 heterocycles. The van der Waals surface area contributed by atoms with Crippen LogP contribution in [0.4, 0.5) is 5.69 Å². The standard InChI is InChI=1S/C21H21N3O3/c1-4-24-17-10-14(26-3)6-7-15(17)16(11-22)21(24)13-5-8-19-18(9-13)23(2)20(25)12-27-19/h5-10,20,25H,4,12H2,1-3H3. The van der Waals surface area contributed by atoms with E-state index in [2.05, 4.69) is 17.6 Å². The van der Waals surface area contributed by atoms with Crippen molar-refractivity contribution in [2.24, 2.45) is 0 Å². The minimum atomic E-state index is -0.690. The lowest BCUT2D eigenvalue weighted by Crippen LogP contribution is -2.40. The molecule has 0 fully saturated rings.